The van der Waals surface area contributed by atoms with Crippen LogP contribution in [0.15, 0.2) is 47.4 Å². The summed E-state index contributed by atoms with van der Waals surface area (Å²) in [6.45, 7) is 3.43. The molecule has 5 nitrogen and oxygen atoms in total. The van der Waals surface area contributed by atoms with Crippen LogP contribution in [-0.4, -0.2) is 20.4 Å². The first-order valence-corrected chi connectivity index (χ1v) is 8.94. The highest BCUT2D eigenvalue weighted by Gasteiger charge is 2.16. The van der Waals surface area contributed by atoms with Gasteiger partial charge in [0.25, 0.3) is 5.91 Å². The molecule has 0 fully saturated rings. The van der Waals surface area contributed by atoms with E-state index in [1.165, 1.54) is 36.4 Å². The fourth-order valence-corrected chi connectivity index (χ4v) is 3.41. The van der Waals surface area contributed by atoms with Crippen molar-refractivity contribution < 1.29 is 17.6 Å². The molecule has 0 aliphatic heterocycles. The quantitative estimate of drug-likeness (QED) is 0.846. The summed E-state index contributed by atoms with van der Waals surface area (Å²) < 4.78 is 39.5. The van der Waals surface area contributed by atoms with Gasteiger partial charge in [0.2, 0.25) is 10.0 Å². The third-order valence-corrected chi connectivity index (χ3v) is 4.98. The molecule has 0 radical (unpaired) electrons. The number of amides is 1. The maximum atomic E-state index is 13.0. The molecule has 0 saturated heterocycles. The van der Waals surface area contributed by atoms with Crippen molar-refractivity contribution >= 4 is 33.2 Å². The summed E-state index contributed by atoms with van der Waals surface area (Å²) in [6, 6.07) is 8.83. The van der Waals surface area contributed by atoms with Gasteiger partial charge in [0, 0.05) is 11.6 Å². The maximum Gasteiger partial charge on any atom is 0.255 e. The van der Waals surface area contributed by atoms with Gasteiger partial charge in [-0.1, -0.05) is 11.6 Å². The molecule has 0 heterocycles. The highest BCUT2D eigenvalue weighted by atomic mass is 35.5. The molecule has 2 aromatic rings. The Morgan fingerprint density at radius 1 is 1.12 bits per heavy atom. The van der Waals surface area contributed by atoms with Crippen molar-refractivity contribution in [1.82, 2.24) is 4.72 Å². The lowest BCUT2D eigenvalue weighted by Gasteiger charge is -2.10. The van der Waals surface area contributed by atoms with E-state index in [2.05, 4.69) is 10.0 Å². The van der Waals surface area contributed by atoms with Gasteiger partial charge in [0.05, 0.1) is 15.6 Å². The first-order chi connectivity index (χ1) is 11.2. The van der Waals surface area contributed by atoms with Crippen LogP contribution in [0.1, 0.15) is 24.2 Å². The molecule has 0 atom stereocenters. The Balaban J connectivity index is 2.17. The van der Waals surface area contributed by atoms with E-state index < -0.39 is 21.7 Å². The normalized spacial score (nSPS) is 11.5. The van der Waals surface area contributed by atoms with E-state index in [0.29, 0.717) is 0 Å². The Morgan fingerprint density at radius 2 is 1.75 bits per heavy atom. The Labute approximate surface area is 144 Å². The van der Waals surface area contributed by atoms with Crippen molar-refractivity contribution in [3.8, 4) is 0 Å². The minimum Gasteiger partial charge on any atom is -0.321 e. The second-order valence-corrected chi connectivity index (χ2v) is 7.50. The average molecular weight is 371 g/mol. The standard InChI is InChI=1S/C16H16ClFN2O3S/c1-10(2)20-24(22,23)13-6-3-11(4-7-13)16(21)19-15-8-5-12(18)9-14(15)17/h3-10,20H,1-2H3,(H,19,21). The molecule has 0 unspecified atom stereocenters. The molecule has 0 aliphatic carbocycles. The fourth-order valence-electron chi connectivity index (χ4n) is 1.95. The lowest BCUT2D eigenvalue weighted by atomic mass is 10.2. The van der Waals surface area contributed by atoms with Gasteiger partial charge < -0.3 is 5.32 Å². The number of carbonyl (C=O) groups excluding carboxylic acids is 1. The van der Waals surface area contributed by atoms with Gasteiger partial charge in [-0.05, 0) is 56.3 Å². The Hall–Kier alpha value is -1.96. The van der Waals surface area contributed by atoms with Crippen molar-refractivity contribution in [3.05, 3.63) is 58.9 Å². The van der Waals surface area contributed by atoms with Crippen molar-refractivity contribution in [1.29, 1.82) is 0 Å². The summed E-state index contributed by atoms with van der Waals surface area (Å²) in [5.41, 5.74) is 0.514. The van der Waals surface area contributed by atoms with Gasteiger partial charge in [-0.3, -0.25) is 4.79 Å². The molecule has 2 aromatic carbocycles. The van der Waals surface area contributed by atoms with Crippen molar-refractivity contribution in [3.63, 3.8) is 0 Å². The topological polar surface area (TPSA) is 75.3 Å². The summed E-state index contributed by atoms with van der Waals surface area (Å²) in [5.74, 6) is -0.991. The van der Waals surface area contributed by atoms with Crippen LogP contribution in [0.5, 0.6) is 0 Å². The number of benzene rings is 2. The summed E-state index contributed by atoms with van der Waals surface area (Å²) in [7, 11) is -3.62. The molecule has 0 saturated carbocycles. The fraction of sp³-hybridized carbons (Fsp3) is 0.188. The molecule has 2 N–H and O–H groups in total. The monoisotopic (exact) mass is 370 g/mol. The van der Waals surface area contributed by atoms with E-state index in [-0.39, 0.29) is 27.2 Å². The first kappa shape index (κ1) is 18.4. The molecule has 24 heavy (non-hydrogen) atoms. The Bertz CT molecular complexity index is 852. The number of carbonyl (C=O) groups is 1. The predicted octanol–water partition coefficient (Wildman–Crippen LogP) is 3.42. The van der Waals surface area contributed by atoms with Crippen LogP contribution in [0.4, 0.5) is 10.1 Å². The highest BCUT2D eigenvalue weighted by molar-refractivity contribution is 7.89. The van der Waals surface area contributed by atoms with E-state index in [1.807, 2.05) is 0 Å². The molecule has 0 spiro atoms. The third-order valence-electron chi connectivity index (χ3n) is 3.00. The number of nitrogens with one attached hydrogen (secondary N) is 2. The smallest absolute Gasteiger partial charge is 0.255 e. The summed E-state index contributed by atoms with van der Waals surface area (Å²) in [4.78, 5) is 12.2. The van der Waals surface area contributed by atoms with Crippen LogP contribution < -0.4 is 10.0 Å². The zero-order valence-corrected chi connectivity index (χ0v) is 14.6. The lowest BCUT2D eigenvalue weighted by molar-refractivity contribution is 0.102. The van der Waals surface area contributed by atoms with Crippen LogP contribution in [0.2, 0.25) is 5.02 Å². The number of hydrogen-bond acceptors (Lipinski definition) is 3. The Kier molecular flexibility index (Phi) is 5.58. The molecule has 0 aromatic heterocycles. The van der Waals surface area contributed by atoms with Crippen LogP contribution >= 0.6 is 11.6 Å². The number of sulfonamides is 1. The van der Waals surface area contributed by atoms with Gasteiger partial charge in [-0.15, -0.1) is 0 Å². The zero-order valence-electron chi connectivity index (χ0n) is 13.0. The Morgan fingerprint density at radius 3 is 2.29 bits per heavy atom. The molecule has 0 aliphatic rings. The van der Waals surface area contributed by atoms with Crippen molar-refractivity contribution in [2.75, 3.05) is 5.32 Å². The maximum absolute atomic E-state index is 13.0. The molecule has 1 amide bonds. The SMILES string of the molecule is CC(C)NS(=O)(=O)c1ccc(C(=O)Nc2ccc(F)cc2Cl)cc1. The van der Waals surface area contributed by atoms with Crippen LogP contribution in [0.25, 0.3) is 0 Å². The summed E-state index contributed by atoms with van der Waals surface area (Å²) in [6.07, 6.45) is 0. The molecule has 8 heteroatoms. The van der Waals surface area contributed by atoms with E-state index >= 15 is 0 Å². The molecule has 2 rings (SSSR count). The molecular formula is C16H16ClFN2O3S. The van der Waals surface area contributed by atoms with Crippen LogP contribution in [-0.2, 0) is 10.0 Å². The third kappa shape index (κ3) is 4.53. The van der Waals surface area contributed by atoms with Crippen LogP contribution in [0, 0.1) is 5.82 Å². The second kappa shape index (κ2) is 7.29. The first-order valence-electron chi connectivity index (χ1n) is 7.08. The predicted molar refractivity (Wildman–Crippen MR) is 91.3 cm³/mol. The second-order valence-electron chi connectivity index (χ2n) is 5.38. The molecule has 0 bridgehead atoms. The van der Waals surface area contributed by atoms with Crippen molar-refractivity contribution in [2.24, 2.45) is 0 Å². The van der Waals surface area contributed by atoms with Gasteiger partial charge in [-0.25, -0.2) is 17.5 Å². The van der Waals surface area contributed by atoms with Crippen molar-refractivity contribution in [2.45, 2.75) is 24.8 Å². The van der Waals surface area contributed by atoms with Gasteiger partial charge in [-0.2, -0.15) is 0 Å². The molecule has 128 valence electrons. The van der Waals surface area contributed by atoms with Gasteiger partial charge in [0.15, 0.2) is 0 Å². The average Bonchev–Trinajstić information content (AvgIpc) is 2.49. The number of anilines is 1. The number of rotatable bonds is 5. The van der Waals surface area contributed by atoms with Gasteiger partial charge >= 0.3 is 0 Å². The minimum atomic E-state index is -3.62. The highest BCUT2D eigenvalue weighted by Crippen LogP contribution is 2.23. The number of hydrogen-bond donors (Lipinski definition) is 2. The van der Waals surface area contributed by atoms with Crippen LogP contribution in [0.3, 0.4) is 0 Å². The van der Waals surface area contributed by atoms with Gasteiger partial charge in [0.1, 0.15) is 5.82 Å². The van der Waals surface area contributed by atoms with E-state index in [0.717, 1.165) is 6.07 Å². The minimum absolute atomic E-state index is 0.0626. The summed E-state index contributed by atoms with van der Waals surface area (Å²) >= 11 is 5.85. The summed E-state index contributed by atoms with van der Waals surface area (Å²) in [5, 5.41) is 2.61. The van der Waals surface area contributed by atoms with E-state index in [1.54, 1.807) is 13.8 Å². The number of halogens is 2. The van der Waals surface area contributed by atoms with E-state index in [9.17, 15) is 17.6 Å². The zero-order chi connectivity index (χ0) is 17.9. The lowest BCUT2D eigenvalue weighted by Crippen LogP contribution is -2.30. The van der Waals surface area contributed by atoms with E-state index in [4.69, 9.17) is 11.6 Å². The molecular weight excluding hydrogens is 355 g/mol. The largest absolute Gasteiger partial charge is 0.321 e.